The summed E-state index contributed by atoms with van der Waals surface area (Å²) in [4.78, 5) is 13.9. The van der Waals surface area contributed by atoms with Gasteiger partial charge in [-0.1, -0.05) is 24.3 Å². The van der Waals surface area contributed by atoms with E-state index in [1.54, 1.807) is 0 Å². The molecule has 2 rings (SSSR count). The summed E-state index contributed by atoms with van der Waals surface area (Å²) in [5.41, 5.74) is 3.05. The molecule has 0 aliphatic heterocycles. The minimum atomic E-state index is -0.0566. The Morgan fingerprint density at radius 1 is 1.00 bits per heavy atom. The lowest BCUT2D eigenvalue weighted by Crippen LogP contribution is -2.05. The van der Waals surface area contributed by atoms with Gasteiger partial charge in [0.05, 0.1) is 0 Å². The molecule has 0 aliphatic carbocycles. The van der Waals surface area contributed by atoms with E-state index in [9.17, 15) is 4.79 Å². The minimum absolute atomic E-state index is 0.0566. The van der Waals surface area contributed by atoms with E-state index in [-0.39, 0.29) is 5.91 Å². The van der Waals surface area contributed by atoms with Crippen molar-refractivity contribution in [3.05, 3.63) is 59.9 Å². The normalized spacial score (nSPS) is 10.5. The van der Waals surface area contributed by atoms with Gasteiger partial charge in [0.15, 0.2) is 12.4 Å². The molecule has 0 radical (unpaired) electrons. The monoisotopic (exact) mass is 239 g/mol. The Balaban J connectivity index is 2.06. The van der Waals surface area contributed by atoms with Gasteiger partial charge in [0.2, 0.25) is 5.91 Å². The van der Waals surface area contributed by atoms with Crippen LogP contribution in [0.1, 0.15) is 18.1 Å². The van der Waals surface area contributed by atoms with Crippen molar-refractivity contribution in [2.24, 2.45) is 0 Å². The van der Waals surface area contributed by atoms with Crippen LogP contribution < -0.4 is 10.3 Å². The standard InChI is InChI=1S/C15H14N2O/c1-12(18)17-15-6-4-13(5-7-15)2-3-14-8-10-16-11-9-14/h2-11H,1H3,(H,17,18)/p+1/b3-2+. The molecule has 2 N–H and O–H groups in total. The van der Waals surface area contributed by atoms with E-state index in [1.807, 2.05) is 60.9 Å². The molecule has 0 saturated heterocycles. The Kier molecular flexibility index (Phi) is 3.86. The van der Waals surface area contributed by atoms with Crippen molar-refractivity contribution in [2.75, 3.05) is 5.32 Å². The number of H-pyrrole nitrogens is 1. The first-order chi connectivity index (χ1) is 8.74. The molecular formula is C15H15N2O+. The third-order valence-corrected chi connectivity index (χ3v) is 2.44. The predicted octanol–water partition coefficient (Wildman–Crippen LogP) is 2.63. The van der Waals surface area contributed by atoms with Crippen molar-refractivity contribution in [2.45, 2.75) is 6.92 Å². The van der Waals surface area contributed by atoms with Crippen molar-refractivity contribution in [3.8, 4) is 0 Å². The Labute approximate surface area is 106 Å². The first-order valence-corrected chi connectivity index (χ1v) is 5.76. The second kappa shape index (κ2) is 5.77. The molecule has 18 heavy (non-hydrogen) atoms. The molecule has 0 fully saturated rings. The molecule has 0 aliphatic rings. The highest BCUT2D eigenvalue weighted by atomic mass is 16.1. The summed E-state index contributed by atoms with van der Waals surface area (Å²) in [6, 6.07) is 11.7. The second-order valence-electron chi connectivity index (χ2n) is 3.97. The Morgan fingerprint density at radius 2 is 1.56 bits per heavy atom. The Morgan fingerprint density at radius 3 is 2.11 bits per heavy atom. The van der Waals surface area contributed by atoms with Gasteiger partial charge in [-0.15, -0.1) is 0 Å². The van der Waals surface area contributed by atoms with E-state index in [2.05, 4.69) is 10.3 Å². The number of carbonyl (C=O) groups excluding carboxylic acids is 1. The third kappa shape index (κ3) is 3.56. The van der Waals surface area contributed by atoms with Crippen LogP contribution in [0.15, 0.2) is 48.8 Å². The summed E-state index contributed by atoms with van der Waals surface area (Å²) >= 11 is 0. The van der Waals surface area contributed by atoms with Gasteiger partial charge in [0.1, 0.15) is 0 Å². The van der Waals surface area contributed by atoms with E-state index >= 15 is 0 Å². The van der Waals surface area contributed by atoms with Gasteiger partial charge >= 0.3 is 0 Å². The molecule has 1 heterocycles. The maximum absolute atomic E-state index is 10.9. The lowest BCUT2D eigenvalue weighted by molar-refractivity contribution is -0.378. The smallest absolute Gasteiger partial charge is 0.221 e. The largest absolute Gasteiger partial charge is 0.326 e. The van der Waals surface area contributed by atoms with E-state index in [1.165, 1.54) is 6.92 Å². The highest BCUT2D eigenvalue weighted by Gasteiger charge is 1.94. The molecule has 0 spiro atoms. The Hall–Kier alpha value is -2.42. The molecule has 0 bridgehead atoms. The van der Waals surface area contributed by atoms with Crippen LogP contribution in [0.25, 0.3) is 12.2 Å². The SMILES string of the molecule is CC(=O)Nc1ccc(/C=C/c2cc[nH+]cc2)cc1. The summed E-state index contributed by atoms with van der Waals surface area (Å²) < 4.78 is 0. The van der Waals surface area contributed by atoms with Gasteiger partial charge in [-0.2, -0.15) is 0 Å². The van der Waals surface area contributed by atoms with Crippen molar-refractivity contribution < 1.29 is 9.78 Å². The summed E-state index contributed by atoms with van der Waals surface area (Å²) in [5.74, 6) is -0.0566. The molecular weight excluding hydrogens is 224 g/mol. The highest BCUT2D eigenvalue weighted by molar-refractivity contribution is 5.88. The molecule has 2 aromatic rings. The predicted molar refractivity (Wildman–Crippen MR) is 72.7 cm³/mol. The number of benzene rings is 1. The molecule has 3 nitrogen and oxygen atoms in total. The summed E-state index contributed by atoms with van der Waals surface area (Å²) in [6.45, 7) is 1.50. The first kappa shape index (κ1) is 12.0. The lowest BCUT2D eigenvalue weighted by atomic mass is 10.1. The molecule has 90 valence electrons. The van der Waals surface area contributed by atoms with Crippen molar-refractivity contribution >= 4 is 23.7 Å². The number of pyridine rings is 1. The van der Waals surface area contributed by atoms with Crippen molar-refractivity contribution in [3.63, 3.8) is 0 Å². The number of aromatic amines is 1. The quantitative estimate of drug-likeness (QED) is 0.879. The number of carbonyl (C=O) groups is 1. The number of anilines is 1. The molecule has 0 unspecified atom stereocenters. The maximum atomic E-state index is 10.9. The van der Waals surface area contributed by atoms with Gasteiger partial charge in [0.25, 0.3) is 0 Å². The second-order valence-corrected chi connectivity index (χ2v) is 3.97. The van der Waals surface area contributed by atoms with E-state index < -0.39 is 0 Å². The van der Waals surface area contributed by atoms with E-state index in [4.69, 9.17) is 0 Å². The average molecular weight is 239 g/mol. The number of hydrogen-bond acceptors (Lipinski definition) is 1. The van der Waals surface area contributed by atoms with Crippen LogP contribution in [-0.2, 0) is 4.79 Å². The van der Waals surface area contributed by atoms with Crippen molar-refractivity contribution in [1.82, 2.24) is 0 Å². The van der Waals surface area contributed by atoms with E-state index in [0.717, 1.165) is 16.8 Å². The third-order valence-electron chi connectivity index (χ3n) is 2.44. The summed E-state index contributed by atoms with van der Waals surface area (Å²) in [6.07, 6.45) is 7.85. The number of nitrogens with one attached hydrogen (secondary N) is 2. The fourth-order valence-electron chi connectivity index (χ4n) is 1.58. The van der Waals surface area contributed by atoms with Crippen LogP contribution in [0.2, 0.25) is 0 Å². The number of amides is 1. The average Bonchev–Trinajstić information content (AvgIpc) is 2.38. The maximum Gasteiger partial charge on any atom is 0.221 e. The molecule has 0 atom stereocenters. The minimum Gasteiger partial charge on any atom is -0.326 e. The number of hydrogen-bond donors (Lipinski definition) is 1. The summed E-state index contributed by atoms with van der Waals surface area (Å²) in [5, 5.41) is 2.74. The molecule has 3 heteroatoms. The zero-order chi connectivity index (χ0) is 12.8. The van der Waals surface area contributed by atoms with Crippen LogP contribution >= 0.6 is 0 Å². The van der Waals surface area contributed by atoms with Crippen LogP contribution in [-0.4, -0.2) is 5.91 Å². The lowest BCUT2D eigenvalue weighted by Gasteiger charge is -2.01. The number of rotatable bonds is 3. The highest BCUT2D eigenvalue weighted by Crippen LogP contribution is 2.12. The van der Waals surface area contributed by atoms with Gasteiger partial charge in [-0.05, 0) is 23.3 Å². The molecule has 1 amide bonds. The number of aromatic nitrogens is 1. The van der Waals surface area contributed by atoms with Crippen LogP contribution in [0.4, 0.5) is 5.69 Å². The molecule has 0 saturated carbocycles. The Bertz CT molecular complexity index is 544. The van der Waals surface area contributed by atoms with Crippen LogP contribution in [0, 0.1) is 0 Å². The van der Waals surface area contributed by atoms with Gasteiger partial charge in [-0.3, -0.25) is 4.79 Å². The van der Waals surface area contributed by atoms with Crippen LogP contribution in [0.3, 0.4) is 0 Å². The van der Waals surface area contributed by atoms with Crippen LogP contribution in [0.5, 0.6) is 0 Å². The molecule has 1 aromatic heterocycles. The van der Waals surface area contributed by atoms with Gasteiger partial charge in [0, 0.05) is 24.7 Å². The molecule has 1 aromatic carbocycles. The fourth-order valence-corrected chi connectivity index (χ4v) is 1.58. The van der Waals surface area contributed by atoms with Gasteiger partial charge in [-0.25, -0.2) is 4.98 Å². The fraction of sp³-hybridized carbons (Fsp3) is 0.0667. The first-order valence-electron chi connectivity index (χ1n) is 5.76. The van der Waals surface area contributed by atoms with Gasteiger partial charge < -0.3 is 5.32 Å². The zero-order valence-electron chi connectivity index (χ0n) is 10.2. The summed E-state index contributed by atoms with van der Waals surface area (Å²) in [7, 11) is 0. The van der Waals surface area contributed by atoms with Crippen molar-refractivity contribution in [1.29, 1.82) is 0 Å². The topological polar surface area (TPSA) is 43.2 Å². The van der Waals surface area contributed by atoms with E-state index in [0.29, 0.717) is 0 Å². The zero-order valence-corrected chi connectivity index (χ0v) is 10.2.